The van der Waals surface area contributed by atoms with Crippen LogP contribution in [0.25, 0.3) is 0 Å². The molecule has 1 heterocycles. The van der Waals surface area contributed by atoms with Crippen molar-refractivity contribution in [2.45, 2.75) is 52.4 Å². The quantitative estimate of drug-likeness (QED) is 0.366. The fraction of sp³-hybridized carbons (Fsp3) is 0.562. The number of ether oxygens (including phenoxy) is 1. The van der Waals surface area contributed by atoms with E-state index in [1.165, 1.54) is 25.7 Å². The van der Waals surface area contributed by atoms with Crippen LogP contribution in [0.15, 0.2) is 42.5 Å². The Kier molecular flexibility index (Phi) is 11.1. The van der Waals surface area contributed by atoms with Crippen molar-refractivity contribution in [3.05, 3.63) is 48.0 Å². The molecule has 4 rings (SSSR count). The highest BCUT2D eigenvalue weighted by atomic mass is 16.5. The number of methoxy groups -OCH3 is 1. The van der Waals surface area contributed by atoms with Gasteiger partial charge in [-0.2, -0.15) is 0 Å². The standard InChI is InChI=1S/C32H47N5O3/c1-4-35(5-2)19-18-33-32(39)27-24-26(34-31(38)17-14-25-10-6-7-11-25)15-16-28(27)36-20-22-37(23-21-36)29-12-8-9-13-30(29)40-3/h8-9,12-13,15-16,24-25H,4-7,10-11,14,17-23H2,1-3H3,(H,33,39)(H,34,38). The lowest BCUT2D eigenvalue weighted by Gasteiger charge is -2.38. The van der Waals surface area contributed by atoms with Gasteiger partial charge >= 0.3 is 0 Å². The van der Waals surface area contributed by atoms with Crippen LogP contribution in [0.3, 0.4) is 0 Å². The van der Waals surface area contributed by atoms with E-state index >= 15 is 0 Å². The summed E-state index contributed by atoms with van der Waals surface area (Å²) < 4.78 is 5.58. The first-order valence-corrected chi connectivity index (χ1v) is 15.1. The maximum absolute atomic E-state index is 13.5. The maximum Gasteiger partial charge on any atom is 0.253 e. The molecule has 0 radical (unpaired) electrons. The fourth-order valence-corrected chi connectivity index (χ4v) is 5.97. The number of hydrogen-bond acceptors (Lipinski definition) is 6. The van der Waals surface area contributed by atoms with Crippen molar-refractivity contribution in [1.82, 2.24) is 10.2 Å². The summed E-state index contributed by atoms with van der Waals surface area (Å²) in [6, 6.07) is 13.9. The summed E-state index contributed by atoms with van der Waals surface area (Å²) in [5.41, 5.74) is 3.29. The van der Waals surface area contributed by atoms with E-state index in [0.717, 1.165) is 69.4 Å². The molecule has 2 aromatic carbocycles. The van der Waals surface area contributed by atoms with Crippen molar-refractivity contribution in [3.8, 4) is 5.75 Å². The van der Waals surface area contributed by atoms with E-state index in [1.807, 2.05) is 36.4 Å². The highest BCUT2D eigenvalue weighted by Crippen LogP contribution is 2.31. The fourth-order valence-electron chi connectivity index (χ4n) is 5.97. The Morgan fingerprint density at radius 3 is 2.30 bits per heavy atom. The summed E-state index contributed by atoms with van der Waals surface area (Å²) >= 11 is 0. The van der Waals surface area contributed by atoms with Crippen molar-refractivity contribution in [2.24, 2.45) is 5.92 Å². The van der Waals surface area contributed by atoms with Crippen LogP contribution < -0.4 is 25.2 Å². The number of anilines is 3. The summed E-state index contributed by atoms with van der Waals surface area (Å²) in [5, 5.41) is 6.18. The van der Waals surface area contributed by atoms with Crippen molar-refractivity contribution in [1.29, 1.82) is 0 Å². The van der Waals surface area contributed by atoms with Gasteiger partial charge in [-0.1, -0.05) is 51.7 Å². The summed E-state index contributed by atoms with van der Waals surface area (Å²) in [7, 11) is 1.70. The smallest absolute Gasteiger partial charge is 0.253 e. The third kappa shape index (κ3) is 7.90. The monoisotopic (exact) mass is 549 g/mol. The van der Waals surface area contributed by atoms with Crippen molar-refractivity contribution >= 4 is 28.9 Å². The number of likely N-dealkylation sites (N-methyl/N-ethyl adjacent to an activating group) is 1. The number of benzene rings is 2. The van der Waals surface area contributed by atoms with Crippen molar-refractivity contribution < 1.29 is 14.3 Å². The second kappa shape index (κ2) is 14.9. The normalized spacial score (nSPS) is 15.9. The van der Waals surface area contributed by atoms with E-state index in [2.05, 4.69) is 45.2 Å². The van der Waals surface area contributed by atoms with Gasteiger partial charge in [0.25, 0.3) is 5.91 Å². The molecule has 2 aromatic rings. The van der Waals surface area contributed by atoms with E-state index in [0.29, 0.717) is 30.1 Å². The van der Waals surface area contributed by atoms with E-state index in [4.69, 9.17) is 4.74 Å². The third-order valence-electron chi connectivity index (χ3n) is 8.43. The van der Waals surface area contributed by atoms with Gasteiger partial charge in [-0.15, -0.1) is 0 Å². The lowest BCUT2D eigenvalue weighted by atomic mass is 10.0. The molecule has 0 bridgehead atoms. The van der Waals surface area contributed by atoms with Crippen LogP contribution >= 0.6 is 0 Å². The average Bonchev–Trinajstić information content (AvgIpc) is 3.52. The van der Waals surface area contributed by atoms with Gasteiger partial charge in [0, 0.05) is 57.1 Å². The van der Waals surface area contributed by atoms with E-state index in [9.17, 15) is 9.59 Å². The minimum absolute atomic E-state index is 0.0259. The van der Waals surface area contributed by atoms with Gasteiger partial charge < -0.3 is 30.1 Å². The maximum atomic E-state index is 13.5. The van der Waals surface area contributed by atoms with E-state index in [1.54, 1.807) is 7.11 Å². The van der Waals surface area contributed by atoms with Crippen LogP contribution in [0.5, 0.6) is 5.75 Å². The molecule has 8 nitrogen and oxygen atoms in total. The summed E-state index contributed by atoms with van der Waals surface area (Å²) in [5.74, 6) is 1.47. The van der Waals surface area contributed by atoms with Gasteiger partial charge in [-0.25, -0.2) is 0 Å². The molecule has 1 saturated heterocycles. The molecule has 1 saturated carbocycles. The zero-order valence-electron chi connectivity index (χ0n) is 24.6. The molecular weight excluding hydrogens is 502 g/mol. The molecule has 2 N–H and O–H groups in total. The predicted molar refractivity (Wildman–Crippen MR) is 164 cm³/mol. The predicted octanol–water partition coefficient (Wildman–Crippen LogP) is 5.00. The largest absolute Gasteiger partial charge is 0.495 e. The number of nitrogens with one attached hydrogen (secondary N) is 2. The van der Waals surface area contributed by atoms with Crippen LogP contribution in [0.2, 0.25) is 0 Å². The first kappa shape index (κ1) is 29.7. The third-order valence-corrected chi connectivity index (χ3v) is 8.43. The van der Waals surface area contributed by atoms with Crippen LogP contribution in [-0.2, 0) is 4.79 Å². The first-order valence-electron chi connectivity index (χ1n) is 15.1. The number of rotatable bonds is 13. The molecule has 218 valence electrons. The van der Waals surface area contributed by atoms with E-state index in [-0.39, 0.29) is 11.8 Å². The molecule has 2 aliphatic rings. The van der Waals surface area contributed by atoms with Crippen molar-refractivity contribution in [2.75, 3.05) is 74.6 Å². The molecule has 1 aliphatic carbocycles. The zero-order valence-corrected chi connectivity index (χ0v) is 24.6. The molecule has 2 fully saturated rings. The molecule has 0 spiro atoms. The Labute approximate surface area is 240 Å². The Bertz CT molecular complexity index is 1110. The number of carbonyl (C=O) groups is 2. The highest BCUT2D eigenvalue weighted by Gasteiger charge is 2.24. The SMILES string of the molecule is CCN(CC)CCNC(=O)c1cc(NC(=O)CCC2CCCC2)ccc1N1CCN(c2ccccc2OC)CC1. The second-order valence-electron chi connectivity index (χ2n) is 10.9. The molecule has 0 unspecified atom stereocenters. The van der Waals surface area contributed by atoms with Crippen molar-refractivity contribution in [3.63, 3.8) is 0 Å². The lowest BCUT2D eigenvalue weighted by molar-refractivity contribution is -0.116. The number of piperazine rings is 1. The van der Waals surface area contributed by atoms with Gasteiger partial charge in [0.05, 0.1) is 18.4 Å². The van der Waals surface area contributed by atoms with E-state index < -0.39 is 0 Å². The van der Waals surface area contributed by atoms with Crippen LogP contribution in [0.4, 0.5) is 17.1 Å². The summed E-state index contributed by atoms with van der Waals surface area (Å²) in [6.45, 7) is 10.8. The lowest BCUT2D eigenvalue weighted by Crippen LogP contribution is -2.47. The van der Waals surface area contributed by atoms with Crippen LogP contribution in [0.1, 0.15) is 62.7 Å². The topological polar surface area (TPSA) is 77.2 Å². The number of hydrogen-bond donors (Lipinski definition) is 2. The van der Waals surface area contributed by atoms with Gasteiger partial charge in [0.15, 0.2) is 0 Å². The number of amides is 2. The minimum atomic E-state index is -0.101. The zero-order chi connectivity index (χ0) is 28.3. The number of para-hydroxylation sites is 2. The highest BCUT2D eigenvalue weighted by molar-refractivity contribution is 6.02. The number of carbonyl (C=O) groups excluding carboxylic acids is 2. The Morgan fingerprint density at radius 2 is 1.62 bits per heavy atom. The Morgan fingerprint density at radius 1 is 0.950 bits per heavy atom. The molecule has 2 amide bonds. The molecule has 0 atom stereocenters. The first-order chi connectivity index (χ1) is 19.5. The van der Waals surface area contributed by atoms with Crippen LogP contribution in [0, 0.1) is 5.92 Å². The number of nitrogens with zero attached hydrogens (tertiary/aromatic N) is 3. The van der Waals surface area contributed by atoms with Gasteiger partial charge in [-0.3, -0.25) is 9.59 Å². The minimum Gasteiger partial charge on any atom is -0.495 e. The summed E-state index contributed by atoms with van der Waals surface area (Å²) in [6.07, 6.45) is 6.53. The van der Waals surface area contributed by atoms with Gasteiger partial charge in [0.2, 0.25) is 5.91 Å². The summed E-state index contributed by atoms with van der Waals surface area (Å²) in [4.78, 5) is 33.1. The molecular formula is C32H47N5O3. The average molecular weight is 550 g/mol. The van der Waals surface area contributed by atoms with Gasteiger partial charge in [0.1, 0.15) is 5.75 Å². The Balaban J connectivity index is 1.45. The molecule has 0 aromatic heterocycles. The molecule has 40 heavy (non-hydrogen) atoms. The Hall–Kier alpha value is -3.26. The second-order valence-corrected chi connectivity index (χ2v) is 10.9. The van der Waals surface area contributed by atoms with Gasteiger partial charge in [-0.05, 0) is 55.8 Å². The molecule has 8 heteroatoms. The molecule has 1 aliphatic heterocycles. The van der Waals surface area contributed by atoms with Crippen LogP contribution in [-0.4, -0.2) is 76.2 Å².